The van der Waals surface area contributed by atoms with E-state index in [0.717, 1.165) is 5.56 Å². The van der Waals surface area contributed by atoms with Gasteiger partial charge >= 0.3 is 0 Å². The van der Waals surface area contributed by atoms with E-state index in [2.05, 4.69) is 4.98 Å². The molecule has 3 rings (SSSR count). The van der Waals surface area contributed by atoms with E-state index in [4.69, 9.17) is 9.47 Å². The van der Waals surface area contributed by atoms with Gasteiger partial charge in [0.25, 0.3) is 0 Å². The van der Waals surface area contributed by atoms with E-state index < -0.39 is 19.9 Å². The van der Waals surface area contributed by atoms with Crippen LogP contribution in [-0.2, 0) is 48.2 Å². The highest BCUT2D eigenvalue weighted by Gasteiger charge is 2.29. The average molecular weight is 522 g/mol. The number of hydrogen-bond donors (Lipinski definition) is 0. The summed E-state index contributed by atoms with van der Waals surface area (Å²) < 4.78 is 66.4. The summed E-state index contributed by atoms with van der Waals surface area (Å²) in [5.74, 6) is -0.216. The summed E-state index contributed by atoms with van der Waals surface area (Å²) in [5, 5.41) is -0.118. The number of aromatic nitrogens is 2. The van der Waals surface area contributed by atoms with Gasteiger partial charge in [0.2, 0.25) is 25.0 Å². The smallest absolute Gasteiger partial charge is 0.243 e. The average Bonchev–Trinajstić information content (AvgIpc) is 3.24. The molecular weight excluding hydrogens is 490 g/mol. The Labute approximate surface area is 207 Å². The van der Waals surface area contributed by atoms with Gasteiger partial charge in [0.05, 0.1) is 42.3 Å². The Morgan fingerprint density at radius 2 is 1.57 bits per heavy atom. The van der Waals surface area contributed by atoms with Crippen molar-refractivity contribution in [1.29, 1.82) is 0 Å². The quantitative estimate of drug-likeness (QED) is 0.340. The van der Waals surface area contributed by atoms with E-state index in [1.807, 2.05) is 13.0 Å². The van der Waals surface area contributed by atoms with Gasteiger partial charge in [-0.2, -0.15) is 4.31 Å². The Kier molecular flexibility index (Phi) is 9.20. The van der Waals surface area contributed by atoms with E-state index in [-0.39, 0.29) is 48.7 Å². The molecule has 0 unspecified atom stereocenters. The Balaban J connectivity index is 1.98. The minimum Gasteiger partial charge on any atom is -0.383 e. The van der Waals surface area contributed by atoms with Crippen LogP contribution in [0.25, 0.3) is 0 Å². The number of sulfonamides is 1. The highest BCUT2D eigenvalue weighted by Crippen LogP contribution is 2.22. The van der Waals surface area contributed by atoms with Gasteiger partial charge in [0.1, 0.15) is 0 Å². The molecule has 3 aromatic rings. The van der Waals surface area contributed by atoms with Gasteiger partial charge in [0, 0.05) is 27.3 Å². The van der Waals surface area contributed by atoms with Crippen LogP contribution in [0.2, 0.25) is 0 Å². The molecule has 0 aliphatic heterocycles. The zero-order valence-corrected chi connectivity index (χ0v) is 21.8. The van der Waals surface area contributed by atoms with Crippen LogP contribution < -0.4 is 0 Å². The highest BCUT2D eigenvalue weighted by atomic mass is 32.2. The number of hydrogen-bond acceptors (Lipinski definition) is 7. The van der Waals surface area contributed by atoms with Crippen LogP contribution in [0.3, 0.4) is 0 Å². The molecule has 0 bridgehead atoms. The first-order valence-electron chi connectivity index (χ1n) is 11.0. The summed E-state index contributed by atoms with van der Waals surface area (Å²) in [6.45, 7) is 2.52. The Hall–Kier alpha value is -2.57. The number of methoxy groups -OCH3 is 2. The van der Waals surface area contributed by atoms with Gasteiger partial charge in [-0.25, -0.2) is 21.8 Å². The molecule has 0 saturated heterocycles. The maximum Gasteiger partial charge on any atom is 0.243 e. The lowest BCUT2D eigenvalue weighted by molar-refractivity contribution is 0.173. The first-order valence-corrected chi connectivity index (χ1v) is 14.1. The van der Waals surface area contributed by atoms with Crippen molar-refractivity contribution < 1.29 is 26.3 Å². The summed E-state index contributed by atoms with van der Waals surface area (Å²) in [6.07, 6.45) is 1.41. The zero-order chi connectivity index (χ0) is 25.5. The molecule has 190 valence electrons. The van der Waals surface area contributed by atoms with Crippen molar-refractivity contribution in [3.05, 3.63) is 77.6 Å². The summed E-state index contributed by atoms with van der Waals surface area (Å²) in [7, 11) is -4.65. The van der Waals surface area contributed by atoms with Crippen molar-refractivity contribution in [1.82, 2.24) is 13.9 Å². The summed E-state index contributed by atoms with van der Waals surface area (Å²) in [6, 6.07) is 15.4. The number of aryl methyl sites for hydroxylation is 1. The first kappa shape index (κ1) is 27.0. The molecule has 1 aromatic heterocycles. The first-order chi connectivity index (χ1) is 16.7. The number of ether oxygens (including phenoxy) is 2. The third kappa shape index (κ3) is 6.77. The van der Waals surface area contributed by atoms with Gasteiger partial charge < -0.3 is 14.0 Å². The second kappa shape index (κ2) is 11.9. The standard InChI is InChI=1S/C24H31N3O6S2/c1-20-9-11-23(12-10-20)35(30,31)26(13-15-32-2)18-22-17-25-24(27(22)14-16-33-3)34(28,29)19-21-7-5-4-6-8-21/h4-12,17H,13-16,18-19H2,1-3H3. The maximum absolute atomic E-state index is 13.4. The number of nitrogens with zero attached hydrogens (tertiary/aromatic N) is 3. The molecule has 0 atom stereocenters. The molecule has 0 radical (unpaired) electrons. The molecule has 2 aromatic carbocycles. The summed E-state index contributed by atoms with van der Waals surface area (Å²) >= 11 is 0. The predicted molar refractivity (Wildman–Crippen MR) is 132 cm³/mol. The van der Waals surface area contributed by atoms with Gasteiger partial charge in [-0.15, -0.1) is 0 Å². The van der Waals surface area contributed by atoms with Crippen molar-refractivity contribution in [3.63, 3.8) is 0 Å². The molecule has 0 amide bonds. The molecular formula is C24H31N3O6S2. The monoisotopic (exact) mass is 521 g/mol. The third-order valence-corrected chi connectivity index (χ3v) is 8.90. The fraction of sp³-hybridized carbons (Fsp3) is 0.375. The van der Waals surface area contributed by atoms with E-state index in [1.165, 1.54) is 29.3 Å². The maximum atomic E-state index is 13.4. The van der Waals surface area contributed by atoms with Crippen LogP contribution in [0, 0.1) is 6.92 Å². The number of benzene rings is 2. The largest absolute Gasteiger partial charge is 0.383 e. The molecule has 0 N–H and O–H groups in total. The Morgan fingerprint density at radius 1 is 0.914 bits per heavy atom. The zero-order valence-electron chi connectivity index (χ0n) is 20.1. The van der Waals surface area contributed by atoms with E-state index in [9.17, 15) is 16.8 Å². The second-order valence-corrected chi connectivity index (χ2v) is 11.9. The van der Waals surface area contributed by atoms with E-state index >= 15 is 0 Å². The topological polar surface area (TPSA) is 108 Å². The lowest BCUT2D eigenvalue weighted by Gasteiger charge is -2.23. The minimum absolute atomic E-state index is 0.0723. The van der Waals surface area contributed by atoms with Gasteiger partial charge in [-0.05, 0) is 24.6 Å². The third-order valence-electron chi connectivity index (χ3n) is 5.44. The fourth-order valence-electron chi connectivity index (χ4n) is 3.56. The number of sulfone groups is 1. The molecule has 35 heavy (non-hydrogen) atoms. The van der Waals surface area contributed by atoms with Crippen LogP contribution in [-0.4, -0.2) is 64.7 Å². The van der Waals surface area contributed by atoms with Crippen molar-refractivity contribution in [2.75, 3.05) is 34.0 Å². The highest BCUT2D eigenvalue weighted by molar-refractivity contribution is 7.90. The number of rotatable bonds is 13. The SMILES string of the molecule is COCCN(Cc1cnc(S(=O)(=O)Cc2ccccc2)n1CCOC)S(=O)(=O)c1ccc(C)cc1. The normalized spacial score (nSPS) is 12.3. The van der Waals surface area contributed by atoms with Gasteiger partial charge in [0.15, 0.2) is 0 Å². The predicted octanol–water partition coefficient (Wildman–Crippen LogP) is 2.65. The lowest BCUT2D eigenvalue weighted by Crippen LogP contribution is -2.34. The van der Waals surface area contributed by atoms with Crippen LogP contribution in [0.5, 0.6) is 0 Å². The fourth-order valence-corrected chi connectivity index (χ4v) is 6.48. The Morgan fingerprint density at radius 3 is 2.20 bits per heavy atom. The molecule has 1 heterocycles. The van der Waals surface area contributed by atoms with Crippen molar-refractivity contribution >= 4 is 19.9 Å². The van der Waals surface area contributed by atoms with E-state index in [1.54, 1.807) is 48.5 Å². The molecule has 0 aliphatic rings. The van der Waals surface area contributed by atoms with E-state index in [0.29, 0.717) is 11.3 Å². The molecule has 0 spiro atoms. The van der Waals surface area contributed by atoms with Crippen molar-refractivity contribution in [2.24, 2.45) is 0 Å². The van der Waals surface area contributed by atoms with Gasteiger partial charge in [-0.3, -0.25) is 0 Å². The molecule has 11 heteroatoms. The number of imidazole rings is 1. The summed E-state index contributed by atoms with van der Waals surface area (Å²) in [4.78, 5) is 4.36. The van der Waals surface area contributed by atoms with Crippen LogP contribution >= 0.6 is 0 Å². The minimum atomic E-state index is -3.87. The van der Waals surface area contributed by atoms with Crippen LogP contribution in [0.1, 0.15) is 16.8 Å². The van der Waals surface area contributed by atoms with Crippen LogP contribution in [0.4, 0.5) is 0 Å². The molecule has 0 aliphatic carbocycles. The van der Waals surface area contributed by atoms with Gasteiger partial charge in [-0.1, -0.05) is 48.0 Å². The molecule has 0 saturated carbocycles. The molecule has 0 fully saturated rings. The lowest BCUT2D eigenvalue weighted by atomic mass is 10.2. The summed E-state index contributed by atoms with van der Waals surface area (Å²) in [5.41, 5.74) is 2.03. The second-order valence-electron chi connectivity index (χ2n) is 8.07. The van der Waals surface area contributed by atoms with Crippen molar-refractivity contribution in [3.8, 4) is 0 Å². The molecule has 9 nitrogen and oxygen atoms in total. The van der Waals surface area contributed by atoms with Crippen LogP contribution in [0.15, 0.2) is 70.8 Å². The Bertz CT molecular complexity index is 1310. The van der Waals surface area contributed by atoms with Crippen molar-refractivity contribution in [2.45, 2.75) is 35.8 Å².